The van der Waals surface area contributed by atoms with Gasteiger partial charge < -0.3 is 9.47 Å². The predicted molar refractivity (Wildman–Crippen MR) is 81.2 cm³/mol. The van der Waals surface area contributed by atoms with Crippen molar-refractivity contribution in [2.45, 2.75) is 46.6 Å². The molecule has 112 valence electrons. The highest BCUT2D eigenvalue weighted by atomic mass is 16.6. The number of hydrogen-bond acceptors (Lipinski definition) is 3. The van der Waals surface area contributed by atoms with Gasteiger partial charge in [-0.3, -0.25) is 5.32 Å². The van der Waals surface area contributed by atoms with Crippen molar-refractivity contribution in [3.63, 3.8) is 0 Å². The Balaban J connectivity index is 2.44. The van der Waals surface area contributed by atoms with Gasteiger partial charge in [-0.1, -0.05) is 13.8 Å². The fraction of sp³-hybridized carbons (Fsp3) is 0.562. The van der Waals surface area contributed by atoms with Crippen LogP contribution in [-0.2, 0) is 4.74 Å². The molecule has 1 rings (SSSR count). The molecule has 0 aromatic heterocycles. The minimum Gasteiger partial charge on any atom is -0.494 e. The lowest BCUT2D eigenvalue weighted by Gasteiger charge is -2.19. The molecule has 1 aromatic rings. The molecular formula is C16H25NO3. The molecule has 0 unspecified atom stereocenters. The number of carbonyl (C=O) groups is 1. The molecule has 0 aliphatic rings. The summed E-state index contributed by atoms with van der Waals surface area (Å²) < 4.78 is 10.8. The van der Waals surface area contributed by atoms with Crippen LogP contribution in [0.15, 0.2) is 24.3 Å². The third kappa shape index (κ3) is 7.02. The zero-order chi connectivity index (χ0) is 15.2. The Labute approximate surface area is 121 Å². The van der Waals surface area contributed by atoms with Crippen molar-refractivity contribution in [1.82, 2.24) is 0 Å². The summed E-state index contributed by atoms with van der Waals surface area (Å²) in [4.78, 5) is 11.6. The van der Waals surface area contributed by atoms with Crippen LogP contribution in [0.3, 0.4) is 0 Å². The van der Waals surface area contributed by atoms with E-state index in [1.807, 2.05) is 32.9 Å². The van der Waals surface area contributed by atoms with Crippen molar-refractivity contribution < 1.29 is 14.3 Å². The first kappa shape index (κ1) is 16.3. The van der Waals surface area contributed by atoms with Crippen LogP contribution in [0.1, 0.15) is 41.0 Å². The van der Waals surface area contributed by atoms with Gasteiger partial charge in [0.1, 0.15) is 11.4 Å². The maximum absolute atomic E-state index is 11.6. The Bertz CT molecular complexity index is 418. The summed E-state index contributed by atoms with van der Waals surface area (Å²) in [5, 5.41) is 2.68. The molecule has 0 bridgehead atoms. The number of rotatable bonds is 5. The molecule has 0 atom stereocenters. The summed E-state index contributed by atoms with van der Waals surface area (Å²) >= 11 is 0. The summed E-state index contributed by atoms with van der Waals surface area (Å²) in [5.41, 5.74) is 0.194. The molecule has 20 heavy (non-hydrogen) atoms. The van der Waals surface area contributed by atoms with Crippen LogP contribution >= 0.6 is 0 Å². The lowest BCUT2D eigenvalue weighted by atomic mass is 10.1. The van der Waals surface area contributed by atoms with Gasteiger partial charge >= 0.3 is 6.09 Å². The summed E-state index contributed by atoms with van der Waals surface area (Å²) in [7, 11) is 0. The monoisotopic (exact) mass is 279 g/mol. The fourth-order valence-corrected chi connectivity index (χ4v) is 1.47. The second-order valence-corrected chi connectivity index (χ2v) is 6.18. The van der Waals surface area contributed by atoms with Crippen molar-refractivity contribution >= 4 is 11.8 Å². The van der Waals surface area contributed by atoms with Crippen molar-refractivity contribution in [1.29, 1.82) is 0 Å². The molecule has 1 N–H and O–H groups in total. The molecule has 0 fully saturated rings. The van der Waals surface area contributed by atoms with Gasteiger partial charge in [0.25, 0.3) is 0 Å². The van der Waals surface area contributed by atoms with Crippen LogP contribution in [0.2, 0.25) is 0 Å². The first-order chi connectivity index (χ1) is 9.26. The van der Waals surface area contributed by atoms with E-state index in [-0.39, 0.29) is 0 Å². The van der Waals surface area contributed by atoms with Crippen molar-refractivity contribution in [2.24, 2.45) is 5.92 Å². The smallest absolute Gasteiger partial charge is 0.412 e. The third-order valence-electron chi connectivity index (χ3n) is 2.46. The van der Waals surface area contributed by atoms with Gasteiger partial charge in [0.2, 0.25) is 0 Å². The molecule has 0 saturated carbocycles. The zero-order valence-corrected chi connectivity index (χ0v) is 13.0. The minimum absolute atomic E-state index is 0.453. The van der Waals surface area contributed by atoms with Crippen LogP contribution < -0.4 is 10.1 Å². The van der Waals surface area contributed by atoms with Crippen LogP contribution in [0, 0.1) is 5.92 Å². The van der Waals surface area contributed by atoms with Crippen LogP contribution in [0.25, 0.3) is 0 Å². The van der Waals surface area contributed by atoms with E-state index in [4.69, 9.17) is 9.47 Å². The molecule has 1 amide bonds. The van der Waals surface area contributed by atoms with E-state index in [2.05, 4.69) is 19.2 Å². The Kier molecular flexibility index (Phi) is 5.86. The summed E-state index contributed by atoms with van der Waals surface area (Å²) in [6.45, 7) is 10.5. The quantitative estimate of drug-likeness (QED) is 0.865. The van der Waals surface area contributed by atoms with Gasteiger partial charge in [0.05, 0.1) is 6.61 Å². The number of amides is 1. The Hall–Kier alpha value is -1.71. The standard InChI is InChI=1S/C16H25NO3/c1-12(2)10-11-19-14-8-6-13(7-9-14)17-15(18)20-16(3,4)5/h6-9,12H,10-11H2,1-5H3,(H,17,18). The molecule has 0 heterocycles. The van der Waals surface area contributed by atoms with E-state index in [1.165, 1.54) is 0 Å². The topological polar surface area (TPSA) is 47.6 Å². The summed E-state index contributed by atoms with van der Waals surface area (Å²) in [5.74, 6) is 1.43. The van der Waals surface area contributed by atoms with E-state index >= 15 is 0 Å². The van der Waals surface area contributed by atoms with Gasteiger partial charge in [-0.2, -0.15) is 0 Å². The molecule has 0 aliphatic carbocycles. The maximum Gasteiger partial charge on any atom is 0.412 e. The number of benzene rings is 1. The SMILES string of the molecule is CC(C)CCOc1ccc(NC(=O)OC(C)(C)C)cc1. The van der Waals surface area contributed by atoms with Crippen LogP contribution in [0.4, 0.5) is 10.5 Å². The number of hydrogen-bond donors (Lipinski definition) is 1. The summed E-state index contributed by atoms with van der Waals surface area (Å²) in [6, 6.07) is 7.28. The lowest BCUT2D eigenvalue weighted by Crippen LogP contribution is -2.27. The van der Waals surface area contributed by atoms with Crippen molar-refractivity contribution in [2.75, 3.05) is 11.9 Å². The van der Waals surface area contributed by atoms with Crippen molar-refractivity contribution in [3.05, 3.63) is 24.3 Å². The molecule has 4 heteroatoms. The zero-order valence-electron chi connectivity index (χ0n) is 13.0. The number of carbonyl (C=O) groups excluding carboxylic acids is 1. The van der Waals surface area contributed by atoms with Gasteiger partial charge in [-0.15, -0.1) is 0 Å². The summed E-state index contributed by atoms with van der Waals surface area (Å²) in [6.07, 6.45) is 0.573. The average molecular weight is 279 g/mol. The maximum atomic E-state index is 11.6. The molecule has 0 aliphatic heterocycles. The van der Waals surface area contributed by atoms with Gasteiger partial charge in [0, 0.05) is 5.69 Å². The molecule has 0 saturated heterocycles. The molecule has 0 radical (unpaired) electrons. The lowest BCUT2D eigenvalue weighted by molar-refractivity contribution is 0.0636. The second-order valence-electron chi connectivity index (χ2n) is 6.18. The fourth-order valence-electron chi connectivity index (χ4n) is 1.47. The van der Waals surface area contributed by atoms with E-state index in [1.54, 1.807) is 12.1 Å². The van der Waals surface area contributed by atoms with E-state index < -0.39 is 11.7 Å². The van der Waals surface area contributed by atoms with Crippen LogP contribution in [0.5, 0.6) is 5.75 Å². The van der Waals surface area contributed by atoms with Gasteiger partial charge in [-0.25, -0.2) is 4.79 Å². The minimum atomic E-state index is -0.496. The van der Waals surface area contributed by atoms with Gasteiger partial charge in [0.15, 0.2) is 0 Å². The number of nitrogens with one attached hydrogen (secondary N) is 1. The second kappa shape index (κ2) is 7.17. The highest BCUT2D eigenvalue weighted by molar-refractivity contribution is 5.84. The van der Waals surface area contributed by atoms with Gasteiger partial charge in [-0.05, 0) is 57.4 Å². The van der Waals surface area contributed by atoms with Crippen LogP contribution in [-0.4, -0.2) is 18.3 Å². The number of anilines is 1. The van der Waals surface area contributed by atoms with Crippen molar-refractivity contribution in [3.8, 4) is 5.75 Å². The first-order valence-corrected chi connectivity index (χ1v) is 6.99. The molecule has 0 spiro atoms. The predicted octanol–water partition coefficient (Wildman–Crippen LogP) is 4.46. The molecule has 1 aromatic carbocycles. The highest BCUT2D eigenvalue weighted by Crippen LogP contribution is 2.17. The normalized spacial score (nSPS) is 11.3. The third-order valence-corrected chi connectivity index (χ3v) is 2.46. The molecular weight excluding hydrogens is 254 g/mol. The van der Waals surface area contributed by atoms with E-state index in [0.29, 0.717) is 18.2 Å². The van der Waals surface area contributed by atoms with E-state index in [9.17, 15) is 4.79 Å². The Morgan fingerprint density at radius 3 is 2.30 bits per heavy atom. The Morgan fingerprint density at radius 1 is 1.20 bits per heavy atom. The highest BCUT2D eigenvalue weighted by Gasteiger charge is 2.16. The number of ether oxygens (including phenoxy) is 2. The average Bonchev–Trinajstić information content (AvgIpc) is 2.28. The first-order valence-electron chi connectivity index (χ1n) is 6.99. The van der Waals surface area contributed by atoms with E-state index in [0.717, 1.165) is 12.2 Å². The molecule has 4 nitrogen and oxygen atoms in total. The largest absolute Gasteiger partial charge is 0.494 e. The Morgan fingerprint density at radius 2 is 1.80 bits per heavy atom.